The van der Waals surface area contributed by atoms with E-state index in [4.69, 9.17) is 11.6 Å². The lowest BCUT2D eigenvalue weighted by molar-refractivity contribution is 0.0626. The van der Waals surface area contributed by atoms with E-state index in [1.54, 1.807) is 19.2 Å². The average molecular weight is 309 g/mol. The number of carbonyl (C=O) groups excluding carboxylic acids is 1. The van der Waals surface area contributed by atoms with Gasteiger partial charge in [0.15, 0.2) is 0 Å². The van der Waals surface area contributed by atoms with Crippen LogP contribution in [0.5, 0.6) is 0 Å². The Hall–Kier alpha value is -1.33. The quantitative estimate of drug-likeness (QED) is 0.923. The van der Waals surface area contributed by atoms with Crippen molar-refractivity contribution in [1.29, 1.82) is 0 Å². The third-order valence-electron chi connectivity index (χ3n) is 4.18. The predicted molar refractivity (Wildman–Crippen MR) is 83.9 cm³/mol. The Morgan fingerprint density at radius 1 is 1.33 bits per heavy atom. The second kappa shape index (κ2) is 6.20. The molecule has 0 spiro atoms. The predicted octanol–water partition coefficient (Wildman–Crippen LogP) is 1.94. The first kappa shape index (κ1) is 14.6. The lowest BCUT2D eigenvalue weighted by Gasteiger charge is -2.34. The maximum Gasteiger partial charge on any atom is 0.274 e. The number of amides is 1. The molecule has 5 nitrogen and oxygen atoms in total. The van der Waals surface area contributed by atoms with Gasteiger partial charge in [-0.1, -0.05) is 11.6 Å². The zero-order valence-corrected chi connectivity index (χ0v) is 13.1. The van der Waals surface area contributed by atoms with Gasteiger partial charge in [0, 0.05) is 39.8 Å². The summed E-state index contributed by atoms with van der Waals surface area (Å²) in [5, 5.41) is 3.36. The van der Waals surface area contributed by atoms with Crippen molar-refractivity contribution >= 4 is 23.3 Å². The highest BCUT2D eigenvalue weighted by Gasteiger charge is 2.28. The van der Waals surface area contributed by atoms with Gasteiger partial charge in [-0.05, 0) is 30.9 Å². The van der Waals surface area contributed by atoms with Gasteiger partial charge in [0.25, 0.3) is 5.91 Å². The minimum atomic E-state index is -0.0665. The molecule has 0 radical (unpaired) electrons. The number of pyridine rings is 1. The number of carbonyl (C=O) groups is 1. The Kier molecular flexibility index (Phi) is 4.31. The molecular formula is C15H21ClN4O. The Morgan fingerprint density at radius 3 is 2.67 bits per heavy atom. The standard InChI is InChI=1S/C15H21ClN4O/c1-17-13-5-4-12(16)14(18-13)15(21)20-8-6-19(7-9-20)10-11-2-3-11/h4-5,11H,2-3,6-10H2,1H3,(H,17,18). The number of piperazine rings is 1. The number of hydrogen-bond acceptors (Lipinski definition) is 4. The zero-order valence-electron chi connectivity index (χ0n) is 12.3. The van der Waals surface area contributed by atoms with Crippen LogP contribution in [-0.4, -0.2) is 60.5 Å². The first-order valence-electron chi connectivity index (χ1n) is 7.53. The molecule has 21 heavy (non-hydrogen) atoms. The van der Waals surface area contributed by atoms with Crippen LogP contribution in [-0.2, 0) is 0 Å². The molecule has 1 saturated carbocycles. The van der Waals surface area contributed by atoms with Crippen LogP contribution in [0.2, 0.25) is 5.02 Å². The first-order chi connectivity index (χ1) is 10.2. The molecule has 0 unspecified atom stereocenters. The van der Waals surface area contributed by atoms with Gasteiger partial charge >= 0.3 is 0 Å². The van der Waals surface area contributed by atoms with E-state index in [2.05, 4.69) is 15.2 Å². The summed E-state index contributed by atoms with van der Waals surface area (Å²) in [6.07, 6.45) is 2.74. The Morgan fingerprint density at radius 2 is 2.05 bits per heavy atom. The van der Waals surface area contributed by atoms with Crippen molar-refractivity contribution in [2.45, 2.75) is 12.8 Å². The lowest BCUT2D eigenvalue weighted by atomic mass is 10.2. The highest BCUT2D eigenvalue weighted by Crippen LogP contribution is 2.30. The van der Waals surface area contributed by atoms with Gasteiger partial charge in [-0.25, -0.2) is 4.98 Å². The van der Waals surface area contributed by atoms with E-state index >= 15 is 0 Å². The van der Waals surface area contributed by atoms with Gasteiger partial charge in [-0.2, -0.15) is 0 Å². The summed E-state index contributed by atoms with van der Waals surface area (Å²) in [7, 11) is 1.78. The molecule has 114 valence electrons. The van der Waals surface area contributed by atoms with Crippen molar-refractivity contribution in [1.82, 2.24) is 14.8 Å². The fraction of sp³-hybridized carbons (Fsp3) is 0.600. The van der Waals surface area contributed by atoms with Crippen LogP contribution in [0.3, 0.4) is 0 Å². The molecule has 6 heteroatoms. The van der Waals surface area contributed by atoms with E-state index in [9.17, 15) is 4.79 Å². The first-order valence-corrected chi connectivity index (χ1v) is 7.91. The molecule has 1 aliphatic carbocycles. The van der Waals surface area contributed by atoms with Crippen LogP contribution in [0, 0.1) is 5.92 Å². The minimum absolute atomic E-state index is 0.0665. The van der Waals surface area contributed by atoms with Gasteiger partial charge in [-0.15, -0.1) is 0 Å². The molecule has 1 aromatic heterocycles. The van der Waals surface area contributed by atoms with Gasteiger partial charge in [0.1, 0.15) is 11.5 Å². The largest absolute Gasteiger partial charge is 0.373 e. The SMILES string of the molecule is CNc1ccc(Cl)c(C(=O)N2CCN(CC3CC3)CC2)n1. The van der Waals surface area contributed by atoms with Crippen molar-refractivity contribution in [2.24, 2.45) is 5.92 Å². The third kappa shape index (κ3) is 3.47. The van der Waals surface area contributed by atoms with Gasteiger partial charge in [0.05, 0.1) is 5.02 Å². The molecule has 3 rings (SSSR count). The lowest BCUT2D eigenvalue weighted by Crippen LogP contribution is -2.49. The highest BCUT2D eigenvalue weighted by molar-refractivity contribution is 6.33. The van der Waals surface area contributed by atoms with Crippen molar-refractivity contribution in [3.63, 3.8) is 0 Å². The van der Waals surface area contributed by atoms with E-state index in [-0.39, 0.29) is 5.91 Å². The summed E-state index contributed by atoms with van der Waals surface area (Å²) in [4.78, 5) is 21.2. The number of anilines is 1. The number of nitrogens with one attached hydrogen (secondary N) is 1. The topological polar surface area (TPSA) is 48.5 Å². The van der Waals surface area contributed by atoms with E-state index in [1.807, 2.05) is 4.90 Å². The summed E-state index contributed by atoms with van der Waals surface area (Å²) in [5.41, 5.74) is 0.346. The average Bonchev–Trinajstić information content (AvgIpc) is 3.32. The molecule has 2 aliphatic rings. The van der Waals surface area contributed by atoms with Crippen molar-refractivity contribution in [3.05, 3.63) is 22.8 Å². The minimum Gasteiger partial charge on any atom is -0.373 e. The van der Waals surface area contributed by atoms with E-state index in [0.717, 1.165) is 32.1 Å². The van der Waals surface area contributed by atoms with E-state index < -0.39 is 0 Å². The number of rotatable bonds is 4. The molecule has 0 atom stereocenters. The zero-order chi connectivity index (χ0) is 14.8. The fourth-order valence-corrected chi connectivity index (χ4v) is 2.87. The third-order valence-corrected chi connectivity index (χ3v) is 4.48. The van der Waals surface area contributed by atoms with Crippen molar-refractivity contribution in [3.8, 4) is 0 Å². The highest BCUT2D eigenvalue weighted by atomic mass is 35.5. The van der Waals surface area contributed by atoms with Gasteiger partial charge in [-0.3, -0.25) is 9.69 Å². The van der Waals surface area contributed by atoms with Crippen LogP contribution >= 0.6 is 11.6 Å². The number of aromatic nitrogens is 1. The van der Waals surface area contributed by atoms with Crippen LogP contribution < -0.4 is 5.32 Å². The molecule has 1 aromatic rings. The molecule has 1 N–H and O–H groups in total. The normalized spacial score (nSPS) is 19.6. The number of halogens is 1. The monoisotopic (exact) mass is 308 g/mol. The Labute approximate surface area is 130 Å². The molecule has 2 fully saturated rings. The molecule has 0 bridgehead atoms. The van der Waals surface area contributed by atoms with Crippen molar-refractivity contribution in [2.75, 3.05) is 45.1 Å². The van der Waals surface area contributed by atoms with E-state index in [1.165, 1.54) is 19.4 Å². The molecule has 1 saturated heterocycles. The maximum atomic E-state index is 12.6. The molecule has 2 heterocycles. The number of hydrogen-bond donors (Lipinski definition) is 1. The Bertz CT molecular complexity index is 524. The fourth-order valence-electron chi connectivity index (χ4n) is 2.68. The Balaban J connectivity index is 1.63. The van der Waals surface area contributed by atoms with Crippen LogP contribution in [0.25, 0.3) is 0 Å². The molecule has 1 aliphatic heterocycles. The van der Waals surface area contributed by atoms with E-state index in [0.29, 0.717) is 16.5 Å². The summed E-state index contributed by atoms with van der Waals surface area (Å²) < 4.78 is 0. The smallest absolute Gasteiger partial charge is 0.274 e. The number of nitrogens with zero attached hydrogens (tertiary/aromatic N) is 3. The molecule has 0 aromatic carbocycles. The van der Waals surface area contributed by atoms with Crippen molar-refractivity contribution < 1.29 is 4.79 Å². The van der Waals surface area contributed by atoms with Crippen LogP contribution in [0.15, 0.2) is 12.1 Å². The van der Waals surface area contributed by atoms with Crippen LogP contribution in [0.4, 0.5) is 5.82 Å². The van der Waals surface area contributed by atoms with Gasteiger partial charge < -0.3 is 10.2 Å². The second-order valence-corrected chi connectivity index (χ2v) is 6.22. The maximum absolute atomic E-state index is 12.6. The van der Waals surface area contributed by atoms with Crippen LogP contribution in [0.1, 0.15) is 23.3 Å². The second-order valence-electron chi connectivity index (χ2n) is 5.81. The molecular weight excluding hydrogens is 288 g/mol. The molecule has 1 amide bonds. The summed E-state index contributed by atoms with van der Waals surface area (Å²) in [6, 6.07) is 3.49. The van der Waals surface area contributed by atoms with Gasteiger partial charge in [0.2, 0.25) is 0 Å². The summed E-state index contributed by atoms with van der Waals surface area (Å²) in [6.45, 7) is 4.61. The summed E-state index contributed by atoms with van der Waals surface area (Å²) in [5.74, 6) is 1.49. The summed E-state index contributed by atoms with van der Waals surface area (Å²) >= 11 is 6.12.